The summed E-state index contributed by atoms with van der Waals surface area (Å²) < 4.78 is 0. The lowest BCUT2D eigenvalue weighted by Crippen LogP contribution is -2.37. The van der Waals surface area contributed by atoms with Crippen LogP contribution in [0.25, 0.3) is 22.3 Å². The van der Waals surface area contributed by atoms with Crippen LogP contribution in [-0.2, 0) is 4.79 Å². The molecule has 0 radical (unpaired) electrons. The zero-order valence-corrected chi connectivity index (χ0v) is 17.4. The zero-order valence-electron chi connectivity index (χ0n) is 17.4. The summed E-state index contributed by atoms with van der Waals surface area (Å²) in [4.78, 5) is 29.7. The molecule has 31 heavy (non-hydrogen) atoms. The molecule has 0 unspecified atom stereocenters. The normalized spacial score (nSPS) is 20.9. The molecule has 3 aromatic rings. The monoisotopic (exact) mass is 413 g/mol. The third kappa shape index (κ3) is 3.60. The van der Waals surface area contributed by atoms with E-state index in [2.05, 4.69) is 26.7 Å². The molecule has 4 heterocycles. The second-order valence-corrected chi connectivity index (χ2v) is 8.12. The predicted molar refractivity (Wildman–Crippen MR) is 118 cm³/mol. The lowest BCUT2D eigenvalue weighted by atomic mass is 10.0. The lowest BCUT2D eigenvalue weighted by Gasteiger charge is -2.17. The maximum absolute atomic E-state index is 12.1. The first-order chi connectivity index (χ1) is 15.0. The Morgan fingerprint density at radius 2 is 1.94 bits per heavy atom. The van der Waals surface area contributed by atoms with Gasteiger partial charge in [0.05, 0.1) is 11.2 Å². The van der Waals surface area contributed by atoms with Crippen molar-refractivity contribution >= 4 is 22.8 Å². The minimum absolute atomic E-state index is 0.320. The van der Waals surface area contributed by atoms with E-state index in [0.29, 0.717) is 13.0 Å². The van der Waals surface area contributed by atoms with Crippen LogP contribution >= 0.6 is 0 Å². The number of rotatable bonds is 2. The molecule has 156 valence electrons. The van der Waals surface area contributed by atoms with Gasteiger partial charge in [-0.05, 0) is 37.1 Å². The standard InChI is InChI=1S/C24H23N5O2/c1-28-14-11-24(31,23(28)30)10-9-17-5-4-6-18(15-17)19-7-8-20-21(27-19)22(26-16-25-20)29-12-2-3-13-29/h4-8,15-16,31H,2-3,11-14H2,1H3/t24-/m0/s1. The average Bonchev–Trinajstić information content (AvgIpc) is 3.43. The summed E-state index contributed by atoms with van der Waals surface area (Å²) in [5, 5.41) is 10.5. The lowest BCUT2D eigenvalue weighted by molar-refractivity contribution is -0.137. The van der Waals surface area contributed by atoms with Crippen molar-refractivity contribution in [1.82, 2.24) is 19.9 Å². The number of fused-ring (bicyclic) bond motifs is 1. The Balaban J connectivity index is 1.50. The fourth-order valence-electron chi connectivity index (χ4n) is 4.15. The predicted octanol–water partition coefficient (Wildman–Crippen LogP) is 2.24. The van der Waals surface area contributed by atoms with Crippen LogP contribution in [0.5, 0.6) is 0 Å². The maximum atomic E-state index is 12.1. The van der Waals surface area contributed by atoms with Crippen LogP contribution < -0.4 is 4.90 Å². The number of pyridine rings is 1. The van der Waals surface area contributed by atoms with E-state index in [-0.39, 0.29) is 5.91 Å². The Kier molecular flexibility index (Phi) is 4.79. The molecule has 0 spiro atoms. The number of likely N-dealkylation sites (tertiary alicyclic amines) is 1. The molecule has 2 aromatic heterocycles. The van der Waals surface area contributed by atoms with Crippen molar-refractivity contribution in [3.8, 4) is 23.1 Å². The van der Waals surface area contributed by atoms with Crippen molar-refractivity contribution in [2.45, 2.75) is 24.9 Å². The number of amides is 1. The van der Waals surface area contributed by atoms with Gasteiger partial charge < -0.3 is 14.9 Å². The van der Waals surface area contributed by atoms with Crippen LogP contribution in [0.1, 0.15) is 24.8 Å². The summed E-state index contributed by atoms with van der Waals surface area (Å²) in [6.45, 7) is 2.48. The SMILES string of the molecule is CN1CC[C@@](O)(C#Cc2cccc(-c3ccc4ncnc(N5CCCC5)c4n3)c2)C1=O. The first-order valence-corrected chi connectivity index (χ1v) is 10.5. The quantitative estimate of drug-likeness (QED) is 0.649. The van der Waals surface area contributed by atoms with Gasteiger partial charge in [-0.15, -0.1) is 0 Å². The van der Waals surface area contributed by atoms with E-state index in [4.69, 9.17) is 4.98 Å². The van der Waals surface area contributed by atoms with Gasteiger partial charge in [-0.2, -0.15) is 0 Å². The highest BCUT2D eigenvalue weighted by molar-refractivity contribution is 5.90. The number of likely N-dealkylation sites (N-methyl/N-ethyl adjacent to an activating group) is 1. The Morgan fingerprint density at radius 1 is 1.10 bits per heavy atom. The number of aromatic nitrogens is 3. The van der Waals surface area contributed by atoms with Crippen LogP contribution in [0.4, 0.5) is 5.82 Å². The summed E-state index contributed by atoms with van der Waals surface area (Å²) >= 11 is 0. The van der Waals surface area contributed by atoms with E-state index in [1.54, 1.807) is 13.4 Å². The first-order valence-electron chi connectivity index (χ1n) is 10.5. The number of aliphatic hydroxyl groups is 1. The Labute approximate surface area is 180 Å². The van der Waals surface area contributed by atoms with Gasteiger partial charge in [0, 0.05) is 44.2 Å². The molecule has 2 saturated heterocycles. The number of anilines is 1. The van der Waals surface area contributed by atoms with Crippen molar-refractivity contribution in [3.05, 3.63) is 48.3 Å². The van der Waals surface area contributed by atoms with Crippen molar-refractivity contribution in [2.24, 2.45) is 0 Å². The molecular formula is C24H23N5O2. The maximum Gasteiger partial charge on any atom is 0.267 e. The van der Waals surface area contributed by atoms with E-state index < -0.39 is 5.60 Å². The Morgan fingerprint density at radius 3 is 2.71 bits per heavy atom. The number of benzene rings is 1. The summed E-state index contributed by atoms with van der Waals surface area (Å²) in [6, 6.07) is 11.6. The third-order valence-electron chi connectivity index (χ3n) is 5.95. The second-order valence-electron chi connectivity index (χ2n) is 8.12. The fourth-order valence-corrected chi connectivity index (χ4v) is 4.15. The number of hydrogen-bond acceptors (Lipinski definition) is 6. The van der Waals surface area contributed by atoms with Gasteiger partial charge in [0.25, 0.3) is 5.91 Å². The van der Waals surface area contributed by atoms with Crippen LogP contribution in [0.15, 0.2) is 42.7 Å². The van der Waals surface area contributed by atoms with Gasteiger partial charge in [0.2, 0.25) is 5.60 Å². The van der Waals surface area contributed by atoms with Crippen molar-refractivity contribution in [3.63, 3.8) is 0 Å². The molecule has 0 saturated carbocycles. The summed E-state index contributed by atoms with van der Waals surface area (Å²) in [5.74, 6) is 6.28. The highest BCUT2D eigenvalue weighted by Crippen LogP contribution is 2.28. The molecule has 7 heteroatoms. The first kappa shape index (κ1) is 19.5. The van der Waals surface area contributed by atoms with Crippen molar-refractivity contribution in [2.75, 3.05) is 31.6 Å². The topological polar surface area (TPSA) is 82.4 Å². The Bertz CT molecular complexity index is 1230. The summed E-state index contributed by atoms with van der Waals surface area (Å²) in [6.07, 6.45) is 4.24. The number of carbonyl (C=O) groups is 1. The second kappa shape index (κ2) is 7.64. The van der Waals surface area contributed by atoms with E-state index in [9.17, 15) is 9.90 Å². The number of carbonyl (C=O) groups excluding carboxylic acids is 1. The van der Waals surface area contributed by atoms with Crippen LogP contribution in [0.2, 0.25) is 0 Å². The highest BCUT2D eigenvalue weighted by Gasteiger charge is 2.42. The minimum Gasteiger partial charge on any atom is -0.369 e. The van der Waals surface area contributed by atoms with Gasteiger partial charge in [0.1, 0.15) is 11.8 Å². The summed E-state index contributed by atoms with van der Waals surface area (Å²) in [7, 11) is 1.67. The highest BCUT2D eigenvalue weighted by atomic mass is 16.3. The molecule has 1 atom stereocenters. The molecule has 2 fully saturated rings. The van der Waals surface area contributed by atoms with Crippen molar-refractivity contribution in [1.29, 1.82) is 0 Å². The molecule has 1 N–H and O–H groups in total. The van der Waals surface area contributed by atoms with Crippen LogP contribution in [0.3, 0.4) is 0 Å². The van der Waals surface area contributed by atoms with Gasteiger partial charge in [0.15, 0.2) is 5.82 Å². The average molecular weight is 413 g/mol. The van der Waals surface area contributed by atoms with Gasteiger partial charge >= 0.3 is 0 Å². The summed E-state index contributed by atoms with van der Waals surface area (Å²) in [5.41, 5.74) is 2.45. The molecule has 7 nitrogen and oxygen atoms in total. The van der Waals surface area contributed by atoms with Gasteiger partial charge in [-0.3, -0.25) is 4.79 Å². The Hall–Kier alpha value is -3.50. The molecule has 0 aliphatic carbocycles. The fraction of sp³-hybridized carbons (Fsp3) is 0.333. The van der Waals surface area contributed by atoms with E-state index in [0.717, 1.165) is 59.6 Å². The largest absolute Gasteiger partial charge is 0.369 e. The van der Waals surface area contributed by atoms with E-state index in [1.807, 2.05) is 36.4 Å². The van der Waals surface area contributed by atoms with Crippen LogP contribution in [0, 0.1) is 11.8 Å². The third-order valence-corrected chi connectivity index (χ3v) is 5.95. The van der Waals surface area contributed by atoms with Gasteiger partial charge in [-0.25, -0.2) is 15.0 Å². The van der Waals surface area contributed by atoms with E-state index in [1.165, 1.54) is 4.90 Å². The molecule has 0 bridgehead atoms. The van der Waals surface area contributed by atoms with Gasteiger partial charge in [-0.1, -0.05) is 24.0 Å². The molecule has 5 rings (SSSR count). The molecule has 2 aliphatic rings. The minimum atomic E-state index is -1.60. The molecule has 1 amide bonds. The molecule has 1 aromatic carbocycles. The number of nitrogens with zero attached hydrogens (tertiary/aromatic N) is 5. The molecular weight excluding hydrogens is 390 g/mol. The van der Waals surface area contributed by atoms with Crippen molar-refractivity contribution < 1.29 is 9.90 Å². The smallest absolute Gasteiger partial charge is 0.267 e. The number of hydrogen-bond donors (Lipinski definition) is 1. The zero-order chi connectivity index (χ0) is 21.4. The van der Waals surface area contributed by atoms with E-state index >= 15 is 0 Å². The molecule has 2 aliphatic heterocycles. The van der Waals surface area contributed by atoms with Crippen LogP contribution in [-0.4, -0.2) is 63.1 Å².